The summed E-state index contributed by atoms with van der Waals surface area (Å²) >= 11 is 0. The predicted molar refractivity (Wildman–Crippen MR) is 89.3 cm³/mol. The Labute approximate surface area is 133 Å². The number of anilines is 1. The van der Waals surface area contributed by atoms with Crippen molar-refractivity contribution in [2.24, 2.45) is 0 Å². The minimum atomic E-state index is -0.112. The van der Waals surface area contributed by atoms with Gasteiger partial charge in [0.1, 0.15) is 0 Å². The lowest BCUT2D eigenvalue weighted by atomic mass is 10.1. The van der Waals surface area contributed by atoms with Crippen molar-refractivity contribution in [3.05, 3.63) is 29.8 Å². The molecule has 2 unspecified atom stereocenters. The maximum Gasteiger partial charge on any atom is 0.315 e. The van der Waals surface area contributed by atoms with Gasteiger partial charge in [0.2, 0.25) is 0 Å². The molecule has 122 valence electrons. The van der Waals surface area contributed by atoms with E-state index in [-0.39, 0.29) is 18.1 Å². The Morgan fingerprint density at radius 3 is 2.41 bits per heavy atom. The molecule has 0 aliphatic carbocycles. The number of carbonyl (C=O) groups is 1. The van der Waals surface area contributed by atoms with Crippen molar-refractivity contribution < 1.29 is 9.53 Å². The lowest BCUT2D eigenvalue weighted by molar-refractivity contribution is 0.122. The van der Waals surface area contributed by atoms with Crippen molar-refractivity contribution in [2.75, 3.05) is 31.2 Å². The summed E-state index contributed by atoms with van der Waals surface area (Å²) < 4.78 is 5.37. The lowest BCUT2D eigenvalue weighted by Crippen LogP contribution is -2.41. The molecule has 0 spiro atoms. The highest BCUT2D eigenvalue weighted by atomic mass is 16.5. The summed E-state index contributed by atoms with van der Waals surface area (Å²) in [6, 6.07) is 8.47. The van der Waals surface area contributed by atoms with Gasteiger partial charge in [0.15, 0.2) is 0 Å². The van der Waals surface area contributed by atoms with Crippen molar-refractivity contribution in [2.45, 2.75) is 39.3 Å². The van der Waals surface area contributed by atoms with Crippen molar-refractivity contribution in [3.63, 3.8) is 0 Å². The second kappa shape index (κ2) is 8.03. The molecule has 5 heteroatoms. The molecule has 0 saturated carbocycles. The molecule has 2 rings (SSSR count). The normalized spacial score (nSPS) is 17.7. The maximum absolute atomic E-state index is 11.9. The van der Waals surface area contributed by atoms with E-state index < -0.39 is 0 Å². The van der Waals surface area contributed by atoms with Crippen LogP contribution in [0.1, 0.15) is 38.8 Å². The Balaban J connectivity index is 1.90. The van der Waals surface area contributed by atoms with Crippen LogP contribution in [0.15, 0.2) is 24.3 Å². The SMILES string of the molecule is CCC(C)NC(=O)NC(C)c1ccc(N2CCOCC2)cc1. The number of carbonyl (C=O) groups excluding carboxylic acids is 1. The first-order valence-corrected chi connectivity index (χ1v) is 8.09. The molecule has 1 aromatic carbocycles. The van der Waals surface area contributed by atoms with Crippen LogP contribution in [0, 0.1) is 0 Å². The first-order valence-electron chi connectivity index (χ1n) is 8.09. The molecule has 0 radical (unpaired) electrons. The van der Waals surface area contributed by atoms with Crippen LogP contribution in [-0.4, -0.2) is 38.4 Å². The second-order valence-corrected chi connectivity index (χ2v) is 5.84. The maximum atomic E-state index is 11.9. The van der Waals surface area contributed by atoms with Gasteiger partial charge in [-0.1, -0.05) is 19.1 Å². The van der Waals surface area contributed by atoms with E-state index in [4.69, 9.17) is 4.74 Å². The number of amides is 2. The smallest absolute Gasteiger partial charge is 0.315 e. The van der Waals surface area contributed by atoms with E-state index in [1.165, 1.54) is 5.69 Å². The van der Waals surface area contributed by atoms with E-state index >= 15 is 0 Å². The second-order valence-electron chi connectivity index (χ2n) is 5.84. The molecule has 5 nitrogen and oxygen atoms in total. The standard InChI is InChI=1S/C17H27N3O2/c1-4-13(2)18-17(21)19-14(3)15-5-7-16(8-6-15)20-9-11-22-12-10-20/h5-8,13-14H,4,9-12H2,1-3H3,(H2,18,19,21). The summed E-state index contributed by atoms with van der Waals surface area (Å²) in [5.74, 6) is 0. The monoisotopic (exact) mass is 305 g/mol. The molecular weight excluding hydrogens is 278 g/mol. The molecule has 0 bridgehead atoms. The van der Waals surface area contributed by atoms with Gasteiger partial charge in [0, 0.05) is 24.8 Å². The molecular formula is C17H27N3O2. The number of benzene rings is 1. The van der Waals surface area contributed by atoms with Crippen LogP contribution in [0.25, 0.3) is 0 Å². The van der Waals surface area contributed by atoms with Crippen molar-refractivity contribution >= 4 is 11.7 Å². The molecule has 1 aliphatic heterocycles. The Bertz CT molecular complexity index is 469. The Morgan fingerprint density at radius 2 is 1.82 bits per heavy atom. The largest absolute Gasteiger partial charge is 0.378 e. The summed E-state index contributed by atoms with van der Waals surface area (Å²) in [7, 11) is 0. The van der Waals surface area contributed by atoms with Crippen molar-refractivity contribution in [1.29, 1.82) is 0 Å². The highest BCUT2D eigenvalue weighted by molar-refractivity contribution is 5.74. The van der Waals surface area contributed by atoms with Crippen LogP contribution in [0.3, 0.4) is 0 Å². The van der Waals surface area contributed by atoms with Crippen LogP contribution in [0.4, 0.5) is 10.5 Å². The van der Waals surface area contributed by atoms with Gasteiger partial charge in [-0.05, 0) is 38.0 Å². The van der Waals surface area contributed by atoms with Crippen LogP contribution in [0.2, 0.25) is 0 Å². The van der Waals surface area contributed by atoms with E-state index in [9.17, 15) is 4.79 Å². The number of nitrogens with one attached hydrogen (secondary N) is 2. The van der Waals surface area contributed by atoms with Crippen LogP contribution in [-0.2, 0) is 4.74 Å². The molecule has 1 aromatic rings. The van der Waals surface area contributed by atoms with Crippen molar-refractivity contribution in [1.82, 2.24) is 10.6 Å². The molecule has 2 amide bonds. The summed E-state index contributed by atoms with van der Waals surface area (Å²) in [6.45, 7) is 9.50. The number of ether oxygens (including phenoxy) is 1. The lowest BCUT2D eigenvalue weighted by Gasteiger charge is -2.29. The quantitative estimate of drug-likeness (QED) is 0.879. The fraction of sp³-hybridized carbons (Fsp3) is 0.588. The summed E-state index contributed by atoms with van der Waals surface area (Å²) in [5, 5.41) is 5.90. The Morgan fingerprint density at radius 1 is 1.18 bits per heavy atom. The van der Waals surface area contributed by atoms with E-state index in [2.05, 4.69) is 46.7 Å². The average Bonchev–Trinajstić information content (AvgIpc) is 2.55. The zero-order chi connectivity index (χ0) is 15.9. The van der Waals surface area contributed by atoms with Crippen LogP contribution in [0.5, 0.6) is 0 Å². The number of hydrogen-bond acceptors (Lipinski definition) is 3. The minimum Gasteiger partial charge on any atom is -0.378 e. The molecule has 1 aliphatic rings. The number of nitrogens with zero attached hydrogens (tertiary/aromatic N) is 1. The number of rotatable bonds is 5. The third kappa shape index (κ3) is 4.63. The third-order valence-electron chi connectivity index (χ3n) is 4.11. The first-order chi connectivity index (χ1) is 10.6. The fourth-order valence-electron chi connectivity index (χ4n) is 2.44. The van der Waals surface area contributed by atoms with E-state index in [1.807, 2.05) is 13.8 Å². The predicted octanol–water partition coefficient (Wildman–Crippen LogP) is 2.68. The van der Waals surface area contributed by atoms with E-state index in [0.29, 0.717) is 0 Å². The molecule has 2 atom stereocenters. The molecule has 1 saturated heterocycles. The van der Waals surface area contributed by atoms with Crippen LogP contribution < -0.4 is 15.5 Å². The summed E-state index contributed by atoms with van der Waals surface area (Å²) in [6.07, 6.45) is 0.927. The van der Waals surface area contributed by atoms with Gasteiger partial charge in [-0.25, -0.2) is 4.79 Å². The van der Waals surface area contributed by atoms with Gasteiger partial charge in [0.05, 0.1) is 19.3 Å². The van der Waals surface area contributed by atoms with Gasteiger partial charge in [-0.3, -0.25) is 0 Å². The highest BCUT2D eigenvalue weighted by Gasteiger charge is 2.13. The third-order valence-corrected chi connectivity index (χ3v) is 4.11. The van der Waals surface area contributed by atoms with Gasteiger partial charge in [-0.2, -0.15) is 0 Å². The molecule has 1 fully saturated rings. The number of urea groups is 1. The fourth-order valence-corrected chi connectivity index (χ4v) is 2.44. The molecule has 0 aromatic heterocycles. The topological polar surface area (TPSA) is 53.6 Å². The first kappa shape index (κ1) is 16.6. The van der Waals surface area contributed by atoms with Gasteiger partial charge in [0.25, 0.3) is 0 Å². The summed E-state index contributed by atoms with van der Waals surface area (Å²) in [4.78, 5) is 14.2. The molecule has 22 heavy (non-hydrogen) atoms. The van der Waals surface area contributed by atoms with E-state index in [1.54, 1.807) is 0 Å². The highest BCUT2D eigenvalue weighted by Crippen LogP contribution is 2.20. The van der Waals surface area contributed by atoms with Gasteiger partial charge < -0.3 is 20.3 Å². The van der Waals surface area contributed by atoms with Gasteiger partial charge >= 0.3 is 6.03 Å². The van der Waals surface area contributed by atoms with E-state index in [0.717, 1.165) is 38.3 Å². The Hall–Kier alpha value is -1.75. The van der Waals surface area contributed by atoms with Crippen LogP contribution >= 0.6 is 0 Å². The number of morpholine rings is 1. The molecule has 2 N–H and O–H groups in total. The van der Waals surface area contributed by atoms with Gasteiger partial charge in [-0.15, -0.1) is 0 Å². The zero-order valence-corrected chi connectivity index (χ0v) is 13.8. The average molecular weight is 305 g/mol. The summed E-state index contributed by atoms with van der Waals surface area (Å²) in [5.41, 5.74) is 2.32. The number of hydrogen-bond donors (Lipinski definition) is 2. The minimum absolute atomic E-state index is 0.0113. The molecule has 1 heterocycles. The Kier molecular flexibility index (Phi) is 6.07. The zero-order valence-electron chi connectivity index (χ0n) is 13.8. The van der Waals surface area contributed by atoms with Crippen molar-refractivity contribution in [3.8, 4) is 0 Å².